The molecule has 1 aliphatic carbocycles. The number of aliphatic hydroxyl groups excluding tert-OH is 1. The predicted molar refractivity (Wildman–Crippen MR) is 245 cm³/mol. The summed E-state index contributed by atoms with van der Waals surface area (Å²) in [7, 11) is 1.51. The summed E-state index contributed by atoms with van der Waals surface area (Å²) >= 11 is 0. The molecule has 8 atom stereocenters. The molecule has 380 valence electrons. The number of fused-ring (bicyclic) bond motifs is 4. The Hall–Kier alpha value is -4.88. The van der Waals surface area contributed by atoms with Crippen molar-refractivity contribution < 1.29 is 70.8 Å². The number of carbonyl (C=O) groups excluding carboxylic acids is 5. The van der Waals surface area contributed by atoms with Crippen molar-refractivity contribution in [3.63, 3.8) is 0 Å². The van der Waals surface area contributed by atoms with Gasteiger partial charge in [0.15, 0.2) is 18.4 Å². The number of hydrogen-bond donors (Lipinski definition) is 2. The van der Waals surface area contributed by atoms with Gasteiger partial charge in [-0.1, -0.05) is 94.1 Å². The van der Waals surface area contributed by atoms with Gasteiger partial charge in [-0.3, -0.25) is 24.0 Å². The molecule has 2 amide bonds. The maximum Gasteiger partial charge on any atom is 0.422 e. The first-order valence-corrected chi connectivity index (χ1v) is 24.2. The summed E-state index contributed by atoms with van der Waals surface area (Å²) in [5, 5.41) is 14.7. The number of esters is 3. The van der Waals surface area contributed by atoms with Crippen molar-refractivity contribution in [2.75, 3.05) is 20.3 Å². The van der Waals surface area contributed by atoms with E-state index in [2.05, 4.69) is 23.9 Å². The molecular weight excluding hydrogens is 904 g/mol. The Bertz CT molecular complexity index is 2120. The van der Waals surface area contributed by atoms with E-state index in [-0.39, 0.29) is 32.2 Å². The van der Waals surface area contributed by atoms with Crippen molar-refractivity contribution in [2.45, 2.75) is 178 Å². The second-order valence-corrected chi connectivity index (χ2v) is 19.6. The average Bonchev–Trinajstić information content (AvgIpc) is 3.85. The molecule has 4 fully saturated rings. The number of carbonyl (C=O) groups is 5. The van der Waals surface area contributed by atoms with E-state index in [4.69, 9.17) is 23.8 Å². The van der Waals surface area contributed by atoms with E-state index < -0.39 is 108 Å². The van der Waals surface area contributed by atoms with Gasteiger partial charge in [0.05, 0.1) is 19.2 Å². The lowest BCUT2D eigenvalue weighted by Gasteiger charge is -2.50. The molecule has 1 saturated carbocycles. The van der Waals surface area contributed by atoms with E-state index in [1.807, 2.05) is 30.3 Å². The Morgan fingerprint density at radius 3 is 2.26 bits per heavy atom. The fourth-order valence-electron chi connectivity index (χ4n) is 9.92. The largest absolute Gasteiger partial charge is 0.460 e. The summed E-state index contributed by atoms with van der Waals surface area (Å²) in [6, 6.07) is 12.4. The number of ether oxygens (including phenoxy) is 5. The predicted octanol–water partition coefficient (Wildman–Crippen LogP) is 6.91. The van der Waals surface area contributed by atoms with E-state index in [0.717, 1.165) is 50.2 Å². The summed E-state index contributed by atoms with van der Waals surface area (Å²) < 4.78 is 67.9. The molecule has 2 aromatic rings. The number of alkyl halides is 3. The van der Waals surface area contributed by atoms with Crippen LogP contribution in [0, 0.1) is 5.41 Å². The van der Waals surface area contributed by atoms with Crippen LogP contribution < -0.4 is 5.32 Å². The molecule has 69 heavy (non-hydrogen) atoms. The minimum absolute atomic E-state index is 0.0179. The van der Waals surface area contributed by atoms with Crippen molar-refractivity contribution in [3.05, 3.63) is 77.4 Å². The topological polar surface area (TPSA) is 179 Å². The van der Waals surface area contributed by atoms with E-state index >= 15 is 4.79 Å². The van der Waals surface area contributed by atoms with E-state index in [1.165, 1.54) is 23.1 Å². The summed E-state index contributed by atoms with van der Waals surface area (Å²) in [4.78, 5) is 78.0. The zero-order valence-corrected chi connectivity index (χ0v) is 40.5. The van der Waals surface area contributed by atoms with E-state index in [9.17, 15) is 37.5 Å². The minimum Gasteiger partial charge on any atom is -0.460 e. The second-order valence-electron chi connectivity index (χ2n) is 19.6. The molecule has 0 spiro atoms. The number of aliphatic hydroxyl groups is 1. The average molecular weight is 972 g/mol. The molecule has 18 heteroatoms. The van der Waals surface area contributed by atoms with Crippen molar-refractivity contribution in [1.29, 1.82) is 0 Å². The van der Waals surface area contributed by atoms with E-state index in [0.29, 0.717) is 24.0 Å². The van der Waals surface area contributed by atoms with Gasteiger partial charge in [0.2, 0.25) is 11.8 Å². The molecule has 0 aromatic heterocycles. The minimum atomic E-state index is -4.69. The smallest absolute Gasteiger partial charge is 0.422 e. The SMILES string of the molecule is CCCCCC1(CCCCC)O[C@@H]2[C@H]3ON(Cc4cccc(C=CC(=O)OCC(F)(F)F)c4)[C@H]4C(=O)OC(CC34C(=O)N(C)[C@H](Cc3ccccc3)C(=O)N[C@H](CO)CCC(=O)OC(C)(C)C)[C@@H]2O1. The van der Waals surface area contributed by atoms with Crippen LogP contribution in [0.4, 0.5) is 13.2 Å². The van der Waals surface area contributed by atoms with Crippen molar-refractivity contribution in [1.82, 2.24) is 15.3 Å². The molecular formula is C51H68F3N3O12. The Morgan fingerprint density at radius 1 is 0.957 bits per heavy atom. The van der Waals surface area contributed by atoms with Gasteiger partial charge < -0.3 is 39.0 Å². The lowest BCUT2D eigenvalue weighted by molar-refractivity contribution is -0.225. The van der Waals surface area contributed by atoms with Crippen LogP contribution in [0.1, 0.15) is 122 Å². The number of amides is 2. The Labute approximate surface area is 402 Å². The van der Waals surface area contributed by atoms with Crippen molar-refractivity contribution in [3.8, 4) is 0 Å². The second kappa shape index (κ2) is 22.9. The molecule has 2 aromatic carbocycles. The number of likely N-dealkylation sites (N-methyl/N-ethyl adjacent to an activating group) is 1. The van der Waals surface area contributed by atoms with Crippen molar-refractivity contribution in [2.24, 2.45) is 5.41 Å². The highest BCUT2D eigenvalue weighted by molar-refractivity contribution is 5.96. The van der Waals surface area contributed by atoms with Gasteiger partial charge in [0, 0.05) is 45.2 Å². The van der Waals surface area contributed by atoms with Crippen LogP contribution in [0.3, 0.4) is 0 Å². The molecule has 15 nitrogen and oxygen atoms in total. The normalized spacial score (nSPS) is 24.8. The number of hydroxylamine groups is 2. The number of nitrogens with zero attached hydrogens (tertiary/aromatic N) is 2. The van der Waals surface area contributed by atoms with Crippen LogP contribution in [0.15, 0.2) is 60.7 Å². The molecule has 0 radical (unpaired) electrons. The number of unbranched alkanes of at least 4 members (excludes halogenated alkanes) is 4. The monoisotopic (exact) mass is 971 g/mol. The van der Waals surface area contributed by atoms with Crippen LogP contribution in [-0.2, 0) is 65.5 Å². The van der Waals surface area contributed by atoms with Gasteiger partial charge in [-0.2, -0.15) is 18.2 Å². The van der Waals surface area contributed by atoms with Gasteiger partial charge >= 0.3 is 24.1 Å². The first-order chi connectivity index (χ1) is 32.7. The van der Waals surface area contributed by atoms with Crippen LogP contribution >= 0.6 is 0 Å². The molecule has 3 saturated heterocycles. The van der Waals surface area contributed by atoms with Crippen molar-refractivity contribution >= 4 is 35.8 Å². The van der Waals surface area contributed by atoms with Gasteiger partial charge in [0.25, 0.3) is 0 Å². The fraction of sp³-hybridized carbons (Fsp3) is 0.627. The molecule has 3 heterocycles. The lowest BCUT2D eigenvalue weighted by atomic mass is 9.62. The molecule has 2 bridgehead atoms. The number of halogens is 3. The highest BCUT2D eigenvalue weighted by Crippen LogP contribution is 2.58. The molecule has 3 aliphatic heterocycles. The Morgan fingerprint density at radius 2 is 1.62 bits per heavy atom. The first-order valence-electron chi connectivity index (χ1n) is 24.2. The first kappa shape index (κ1) is 53.5. The summed E-state index contributed by atoms with van der Waals surface area (Å²) in [6.45, 7) is 7.12. The summed E-state index contributed by atoms with van der Waals surface area (Å²) in [5.74, 6) is -4.62. The van der Waals surface area contributed by atoms with Gasteiger partial charge in [-0.15, -0.1) is 0 Å². The number of hydrogen-bond acceptors (Lipinski definition) is 13. The maximum atomic E-state index is 15.9. The van der Waals surface area contributed by atoms with Crippen LogP contribution in [0.25, 0.3) is 6.08 Å². The molecule has 6 rings (SSSR count). The molecule has 2 unspecified atom stereocenters. The number of benzene rings is 2. The lowest BCUT2D eigenvalue weighted by Crippen LogP contribution is -2.70. The zero-order valence-electron chi connectivity index (χ0n) is 40.5. The highest BCUT2D eigenvalue weighted by atomic mass is 19.4. The van der Waals surface area contributed by atoms with Crippen LogP contribution in [0.5, 0.6) is 0 Å². The third-order valence-electron chi connectivity index (χ3n) is 13.1. The standard InChI is InChI=1S/C51H68F3N3O12/c1-7-9-14-25-49(26-15-10-8-2)67-41-38-29-50(47(63)56(6)37(28-33-17-12-11-13-18-33)45(61)55-36(31-58)22-24-40(60)66-48(3,4)5)43(46(62)65-38)57(69-44(50)42(41)68-49)30-35-20-16-19-34(27-35)21-23-39(59)64-32-51(52,53)54/h11-13,16-21,23,27,36-38,41-44,58H,7-10,14-15,22,24-26,28-32H2,1-6H3,(H,55,61)/t36-,37+,38?,41-,42-,43-,44+,50?/m0/s1. The summed E-state index contributed by atoms with van der Waals surface area (Å²) in [6.07, 6.45) is 0.406. The number of nitrogens with one attached hydrogen (secondary N) is 1. The highest BCUT2D eigenvalue weighted by Gasteiger charge is 2.76. The Kier molecular flexibility index (Phi) is 17.8. The zero-order chi connectivity index (χ0) is 50.1. The molecule has 4 aliphatic rings. The van der Waals surface area contributed by atoms with E-state index in [1.54, 1.807) is 45.0 Å². The van der Waals surface area contributed by atoms with Crippen LogP contribution in [0.2, 0.25) is 0 Å². The van der Waals surface area contributed by atoms with Gasteiger partial charge in [-0.05, 0) is 62.8 Å². The summed E-state index contributed by atoms with van der Waals surface area (Å²) in [5.41, 5.74) is -0.686. The van der Waals surface area contributed by atoms with Crippen LogP contribution in [-0.4, -0.2) is 125 Å². The number of rotatable bonds is 23. The third-order valence-corrected chi connectivity index (χ3v) is 13.1. The third kappa shape index (κ3) is 13.3. The maximum absolute atomic E-state index is 15.9. The molecule has 2 N–H and O–H groups in total. The Balaban J connectivity index is 1.36. The fourth-order valence-corrected chi connectivity index (χ4v) is 9.92. The quantitative estimate of drug-likeness (QED) is 0.0508. The van der Waals surface area contributed by atoms with Gasteiger partial charge in [0.1, 0.15) is 41.5 Å². The van der Waals surface area contributed by atoms with Gasteiger partial charge in [-0.25, -0.2) is 4.79 Å².